The molecule has 0 N–H and O–H groups in total. The first-order valence-electron chi connectivity index (χ1n) is 4.03. The Bertz CT molecular complexity index is 555. The number of aryl methyl sites for hydroxylation is 1. The highest BCUT2D eigenvalue weighted by Gasteiger charge is 2.48. The molecular weight excluding hydrogens is 243 g/mol. The quantitative estimate of drug-likeness (QED) is 0.766. The molecule has 0 heterocycles. The van der Waals surface area contributed by atoms with Crippen LogP contribution in [0.3, 0.4) is 0 Å². The summed E-state index contributed by atoms with van der Waals surface area (Å²) >= 11 is 0. The minimum absolute atomic E-state index is 0.188. The molecular formula is C9H6F3NO2S. The van der Waals surface area contributed by atoms with Crippen LogP contribution in [0.15, 0.2) is 23.1 Å². The van der Waals surface area contributed by atoms with Crippen molar-refractivity contribution in [3.05, 3.63) is 29.3 Å². The molecule has 0 unspecified atom stereocenters. The summed E-state index contributed by atoms with van der Waals surface area (Å²) in [4.78, 5) is -0.998. The van der Waals surface area contributed by atoms with Crippen molar-refractivity contribution in [2.45, 2.75) is 17.3 Å². The maximum atomic E-state index is 12.3. The lowest BCUT2D eigenvalue weighted by Crippen LogP contribution is -2.24. The van der Waals surface area contributed by atoms with E-state index in [1.54, 1.807) is 0 Å². The first kappa shape index (κ1) is 12.5. The molecule has 0 aromatic heterocycles. The van der Waals surface area contributed by atoms with Gasteiger partial charge in [-0.3, -0.25) is 0 Å². The Morgan fingerprint density at radius 3 is 2.31 bits per heavy atom. The third kappa shape index (κ3) is 1.88. The van der Waals surface area contributed by atoms with Gasteiger partial charge in [0.05, 0.1) is 10.5 Å². The van der Waals surface area contributed by atoms with Crippen molar-refractivity contribution in [3.63, 3.8) is 0 Å². The van der Waals surface area contributed by atoms with E-state index in [9.17, 15) is 21.6 Å². The zero-order valence-electron chi connectivity index (χ0n) is 8.04. The third-order valence-electron chi connectivity index (χ3n) is 1.94. The van der Waals surface area contributed by atoms with Crippen LogP contribution in [0.4, 0.5) is 13.2 Å². The average molecular weight is 249 g/mol. The van der Waals surface area contributed by atoms with Gasteiger partial charge in [0.25, 0.3) is 9.84 Å². The van der Waals surface area contributed by atoms with E-state index in [4.69, 9.17) is 5.26 Å². The van der Waals surface area contributed by atoms with Crippen LogP contribution in [-0.2, 0) is 9.84 Å². The van der Waals surface area contributed by atoms with Gasteiger partial charge in [0.2, 0.25) is 0 Å². The van der Waals surface area contributed by atoms with Gasteiger partial charge in [-0.05, 0) is 18.6 Å². The van der Waals surface area contributed by atoms with Crippen molar-refractivity contribution in [1.29, 1.82) is 5.26 Å². The van der Waals surface area contributed by atoms with E-state index < -0.39 is 25.8 Å². The average Bonchev–Trinajstić information content (AvgIpc) is 2.15. The molecule has 0 atom stereocenters. The Kier molecular flexibility index (Phi) is 2.97. The molecule has 0 saturated heterocycles. The lowest BCUT2D eigenvalue weighted by molar-refractivity contribution is -0.0436. The number of nitriles is 1. The minimum atomic E-state index is -5.46. The van der Waals surface area contributed by atoms with Crippen molar-refractivity contribution in [3.8, 4) is 6.07 Å². The van der Waals surface area contributed by atoms with Crippen molar-refractivity contribution >= 4 is 9.84 Å². The molecule has 3 nitrogen and oxygen atoms in total. The van der Waals surface area contributed by atoms with Gasteiger partial charge in [0.15, 0.2) is 0 Å². The summed E-state index contributed by atoms with van der Waals surface area (Å²) in [7, 11) is -5.46. The van der Waals surface area contributed by atoms with Crippen molar-refractivity contribution < 1.29 is 21.6 Å². The zero-order chi connectivity index (χ0) is 12.6. The van der Waals surface area contributed by atoms with Crippen LogP contribution >= 0.6 is 0 Å². The zero-order valence-corrected chi connectivity index (χ0v) is 8.85. The number of hydrogen-bond donors (Lipinski definition) is 0. The predicted molar refractivity (Wildman–Crippen MR) is 49.1 cm³/mol. The Labute approximate surface area is 90.0 Å². The van der Waals surface area contributed by atoms with Crippen molar-refractivity contribution in [2.75, 3.05) is 0 Å². The van der Waals surface area contributed by atoms with Crippen LogP contribution < -0.4 is 0 Å². The van der Waals surface area contributed by atoms with Gasteiger partial charge in [-0.15, -0.1) is 0 Å². The van der Waals surface area contributed by atoms with Crippen LogP contribution in [0.25, 0.3) is 0 Å². The Balaban J connectivity index is 3.61. The molecule has 0 radical (unpaired) electrons. The van der Waals surface area contributed by atoms with Crippen LogP contribution in [0.1, 0.15) is 11.1 Å². The summed E-state index contributed by atoms with van der Waals surface area (Å²) in [6.07, 6.45) is 0. The molecule has 86 valence electrons. The van der Waals surface area contributed by atoms with Crippen LogP contribution in [0.2, 0.25) is 0 Å². The second-order valence-electron chi connectivity index (χ2n) is 3.01. The molecule has 0 aliphatic rings. The number of alkyl halides is 3. The standard InChI is InChI=1S/C9H6F3NO2S/c1-6-3-2-4-8(7(6)5-13)16(14,15)9(10,11)12/h2-4H,1H3. The number of benzene rings is 1. The third-order valence-corrected chi connectivity index (χ3v) is 3.47. The van der Waals surface area contributed by atoms with E-state index in [1.165, 1.54) is 19.1 Å². The normalized spacial score (nSPS) is 12.2. The van der Waals surface area contributed by atoms with Gasteiger partial charge in [0, 0.05) is 0 Å². The largest absolute Gasteiger partial charge is 0.501 e. The van der Waals surface area contributed by atoms with Crippen molar-refractivity contribution in [2.24, 2.45) is 0 Å². The Hall–Kier alpha value is -1.55. The highest BCUT2D eigenvalue weighted by molar-refractivity contribution is 7.92. The van der Waals surface area contributed by atoms with Gasteiger partial charge in [-0.1, -0.05) is 12.1 Å². The Morgan fingerprint density at radius 1 is 1.31 bits per heavy atom. The topological polar surface area (TPSA) is 57.9 Å². The fraction of sp³-hybridized carbons (Fsp3) is 0.222. The maximum absolute atomic E-state index is 12.3. The van der Waals surface area contributed by atoms with E-state index in [2.05, 4.69) is 0 Å². The molecule has 0 spiro atoms. The summed E-state index contributed by atoms with van der Waals surface area (Å²) in [6, 6.07) is 4.77. The van der Waals surface area contributed by atoms with E-state index in [-0.39, 0.29) is 5.56 Å². The molecule has 0 fully saturated rings. The molecule has 16 heavy (non-hydrogen) atoms. The first-order valence-corrected chi connectivity index (χ1v) is 5.51. The number of hydrogen-bond acceptors (Lipinski definition) is 3. The highest BCUT2D eigenvalue weighted by atomic mass is 32.2. The molecule has 7 heteroatoms. The molecule has 0 bridgehead atoms. The fourth-order valence-electron chi connectivity index (χ4n) is 1.13. The lowest BCUT2D eigenvalue weighted by atomic mass is 10.1. The maximum Gasteiger partial charge on any atom is 0.501 e. The van der Waals surface area contributed by atoms with Crippen LogP contribution in [0.5, 0.6) is 0 Å². The highest BCUT2D eigenvalue weighted by Crippen LogP contribution is 2.32. The molecule has 0 aliphatic carbocycles. The second kappa shape index (κ2) is 3.79. The number of nitrogens with zero attached hydrogens (tertiary/aromatic N) is 1. The fourth-order valence-corrected chi connectivity index (χ4v) is 2.12. The summed E-state index contributed by atoms with van der Waals surface area (Å²) in [5, 5.41) is 8.65. The van der Waals surface area contributed by atoms with E-state index in [0.29, 0.717) is 0 Å². The molecule has 0 aliphatic heterocycles. The van der Waals surface area contributed by atoms with Crippen molar-refractivity contribution in [1.82, 2.24) is 0 Å². The van der Waals surface area contributed by atoms with Gasteiger partial charge in [-0.2, -0.15) is 18.4 Å². The Morgan fingerprint density at radius 2 is 1.88 bits per heavy atom. The van der Waals surface area contributed by atoms with E-state index >= 15 is 0 Å². The number of rotatable bonds is 1. The summed E-state index contributed by atoms with van der Waals surface area (Å²) in [5.41, 5.74) is -5.68. The summed E-state index contributed by atoms with van der Waals surface area (Å²) in [6.45, 7) is 1.37. The van der Waals surface area contributed by atoms with Gasteiger partial charge >= 0.3 is 5.51 Å². The first-order chi connectivity index (χ1) is 7.21. The van der Waals surface area contributed by atoms with E-state index in [1.807, 2.05) is 0 Å². The predicted octanol–water partition coefficient (Wildman–Crippen LogP) is 2.16. The van der Waals surface area contributed by atoms with Gasteiger partial charge in [0.1, 0.15) is 6.07 Å². The molecule has 0 amide bonds. The molecule has 1 rings (SSSR count). The summed E-state index contributed by atoms with van der Waals surface area (Å²) in [5.74, 6) is 0. The minimum Gasteiger partial charge on any atom is -0.214 e. The second-order valence-corrected chi connectivity index (χ2v) is 4.92. The van der Waals surface area contributed by atoms with Crippen LogP contribution in [-0.4, -0.2) is 13.9 Å². The van der Waals surface area contributed by atoms with Crippen LogP contribution in [0, 0.1) is 18.3 Å². The SMILES string of the molecule is Cc1cccc(S(=O)(=O)C(F)(F)F)c1C#N. The monoisotopic (exact) mass is 249 g/mol. The van der Waals surface area contributed by atoms with E-state index in [0.717, 1.165) is 12.1 Å². The number of halogens is 3. The lowest BCUT2D eigenvalue weighted by Gasteiger charge is -2.10. The molecule has 1 aromatic carbocycles. The number of sulfone groups is 1. The van der Waals surface area contributed by atoms with Gasteiger partial charge < -0.3 is 0 Å². The van der Waals surface area contributed by atoms with Gasteiger partial charge in [-0.25, -0.2) is 8.42 Å². The smallest absolute Gasteiger partial charge is 0.214 e. The molecule has 1 aromatic rings. The summed E-state index contributed by atoms with van der Waals surface area (Å²) < 4.78 is 59.0. The molecule has 0 saturated carbocycles.